The molecule has 0 fully saturated rings. The zero-order valence-corrected chi connectivity index (χ0v) is 10.2. The van der Waals surface area contributed by atoms with Crippen LogP contribution in [0.15, 0.2) is 35.3 Å². The minimum atomic E-state index is 0.795. The molecule has 0 unspecified atom stereocenters. The second-order valence-electron chi connectivity index (χ2n) is 3.08. The molecule has 1 aliphatic rings. The van der Waals surface area contributed by atoms with Gasteiger partial charge in [-0.1, -0.05) is 11.6 Å². The van der Waals surface area contributed by atoms with Crippen molar-refractivity contribution >= 4 is 0 Å². The highest BCUT2D eigenvalue weighted by atomic mass is 16.5. The van der Waals surface area contributed by atoms with Crippen molar-refractivity contribution < 1.29 is 14.2 Å². The summed E-state index contributed by atoms with van der Waals surface area (Å²) in [5, 5.41) is 0. The molecule has 0 saturated heterocycles. The molecular formula is C12H20O3. The van der Waals surface area contributed by atoms with Gasteiger partial charge in [-0.3, -0.25) is 0 Å². The van der Waals surface area contributed by atoms with Gasteiger partial charge in [0, 0.05) is 14.2 Å². The first-order chi connectivity index (χ1) is 7.19. The zero-order chi connectivity index (χ0) is 11.7. The average Bonchev–Trinajstić information content (AvgIpc) is 2.40. The van der Waals surface area contributed by atoms with E-state index in [1.54, 1.807) is 28.4 Å². The summed E-state index contributed by atoms with van der Waals surface area (Å²) < 4.78 is 14.6. The minimum Gasteiger partial charge on any atom is -0.493 e. The summed E-state index contributed by atoms with van der Waals surface area (Å²) in [5.74, 6) is 1.61. The average molecular weight is 212 g/mol. The highest BCUT2D eigenvalue weighted by molar-refractivity contribution is 5.32. The van der Waals surface area contributed by atoms with E-state index >= 15 is 0 Å². The molecule has 0 bridgehead atoms. The Hall–Kier alpha value is -1.22. The molecule has 0 heterocycles. The van der Waals surface area contributed by atoms with Gasteiger partial charge in [0.15, 0.2) is 11.5 Å². The van der Waals surface area contributed by atoms with Crippen LogP contribution in [0.4, 0.5) is 0 Å². The molecule has 0 amide bonds. The van der Waals surface area contributed by atoms with Gasteiger partial charge in [0.25, 0.3) is 0 Å². The van der Waals surface area contributed by atoms with Crippen LogP contribution in [-0.4, -0.2) is 28.4 Å². The number of methoxy groups -OCH3 is 3. The Labute approximate surface area is 92.0 Å². The van der Waals surface area contributed by atoms with Crippen molar-refractivity contribution in [3.8, 4) is 0 Å². The van der Waals surface area contributed by atoms with E-state index in [1.807, 2.05) is 19.1 Å². The molecule has 15 heavy (non-hydrogen) atoms. The highest BCUT2D eigenvalue weighted by Gasteiger charge is 2.06. The van der Waals surface area contributed by atoms with E-state index in [0.29, 0.717) is 0 Å². The van der Waals surface area contributed by atoms with Gasteiger partial charge in [0.1, 0.15) is 0 Å². The first-order valence-corrected chi connectivity index (χ1v) is 4.76. The van der Waals surface area contributed by atoms with E-state index < -0.39 is 0 Å². The van der Waals surface area contributed by atoms with Crippen LogP contribution < -0.4 is 0 Å². The third-order valence-electron chi connectivity index (χ3n) is 1.78. The normalized spacial score (nSPS) is 14.9. The highest BCUT2D eigenvalue weighted by Crippen LogP contribution is 2.18. The molecule has 0 N–H and O–H groups in total. The van der Waals surface area contributed by atoms with Gasteiger partial charge in [-0.15, -0.1) is 0 Å². The van der Waals surface area contributed by atoms with Gasteiger partial charge < -0.3 is 14.2 Å². The molecule has 0 saturated carbocycles. The Morgan fingerprint density at radius 3 is 1.93 bits per heavy atom. The summed E-state index contributed by atoms with van der Waals surface area (Å²) >= 11 is 0. The van der Waals surface area contributed by atoms with Crippen LogP contribution >= 0.6 is 0 Å². The number of rotatable bonds is 2. The van der Waals surface area contributed by atoms with Crippen LogP contribution in [0.25, 0.3) is 0 Å². The van der Waals surface area contributed by atoms with E-state index in [1.165, 1.54) is 5.57 Å². The van der Waals surface area contributed by atoms with E-state index in [4.69, 9.17) is 9.47 Å². The van der Waals surface area contributed by atoms with Gasteiger partial charge in [-0.25, -0.2) is 0 Å². The fourth-order valence-corrected chi connectivity index (χ4v) is 1.13. The number of allylic oxidation sites excluding steroid dienone is 4. The molecule has 1 aliphatic carbocycles. The Morgan fingerprint density at radius 1 is 0.933 bits per heavy atom. The van der Waals surface area contributed by atoms with Gasteiger partial charge in [0.2, 0.25) is 0 Å². The van der Waals surface area contributed by atoms with Crippen LogP contribution in [0, 0.1) is 0 Å². The third-order valence-corrected chi connectivity index (χ3v) is 1.78. The van der Waals surface area contributed by atoms with Gasteiger partial charge in [-0.2, -0.15) is 0 Å². The van der Waals surface area contributed by atoms with Crippen molar-refractivity contribution in [2.75, 3.05) is 28.4 Å². The molecule has 0 radical (unpaired) electrons. The lowest BCUT2D eigenvalue weighted by molar-refractivity contribution is 0.219. The predicted octanol–water partition coefficient (Wildman–Crippen LogP) is 2.66. The van der Waals surface area contributed by atoms with E-state index in [0.717, 1.165) is 17.9 Å². The van der Waals surface area contributed by atoms with Crippen LogP contribution in [0.1, 0.15) is 13.3 Å². The van der Waals surface area contributed by atoms with E-state index in [-0.39, 0.29) is 0 Å². The summed E-state index contributed by atoms with van der Waals surface area (Å²) in [6, 6.07) is 0. The van der Waals surface area contributed by atoms with E-state index in [2.05, 4.69) is 10.8 Å². The van der Waals surface area contributed by atoms with Crippen molar-refractivity contribution in [2.24, 2.45) is 0 Å². The summed E-state index contributed by atoms with van der Waals surface area (Å²) in [5.41, 5.74) is 1.20. The molecule has 0 atom stereocenters. The summed E-state index contributed by atoms with van der Waals surface area (Å²) in [6.45, 7) is 2.05. The minimum absolute atomic E-state index is 0.795. The smallest absolute Gasteiger partial charge is 0.160 e. The van der Waals surface area contributed by atoms with Crippen molar-refractivity contribution in [3.63, 3.8) is 0 Å². The second kappa shape index (κ2) is 8.12. The Kier molecular flexibility index (Phi) is 7.46. The topological polar surface area (TPSA) is 27.7 Å². The van der Waals surface area contributed by atoms with Crippen molar-refractivity contribution in [1.82, 2.24) is 0 Å². The fraction of sp³-hybridized carbons (Fsp3) is 0.500. The van der Waals surface area contributed by atoms with Crippen molar-refractivity contribution in [3.05, 3.63) is 35.3 Å². The molecule has 3 nitrogen and oxygen atoms in total. The number of ether oxygens (including phenoxy) is 3. The van der Waals surface area contributed by atoms with Crippen molar-refractivity contribution in [1.29, 1.82) is 0 Å². The monoisotopic (exact) mass is 212 g/mol. The number of hydrogen-bond donors (Lipinski definition) is 0. The first-order valence-electron chi connectivity index (χ1n) is 4.76. The maximum absolute atomic E-state index is 5.17. The zero-order valence-electron chi connectivity index (χ0n) is 10.2. The lowest BCUT2D eigenvalue weighted by atomic mass is 10.2. The maximum Gasteiger partial charge on any atom is 0.160 e. The molecule has 86 valence electrons. The van der Waals surface area contributed by atoms with Gasteiger partial charge in [-0.05, 0) is 25.5 Å². The standard InChI is InChI=1S/C10H14O2.C2H6O/c1-8-5-4-6-9(11-2)10(7-8)12-3;1-3-2/h5-7H,4H2,1-3H3;1-2H3. The molecule has 0 aromatic carbocycles. The molecule has 0 aromatic rings. The van der Waals surface area contributed by atoms with Crippen LogP contribution in [0.2, 0.25) is 0 Å². The second-order valence-corrected chi connectivity index (χ2v) is 3.08. The summed E-state index contributed by atoms with van der Waals surface area (Å²) in [7, 11) is 6.55. The quantitative estimate of drug-likeness (QED) is 0.704. The SMILES string of the molecule is COC.COC1=CCC=C(C)C=C1OC. The molecular weight excluding hydrogens is 192 g/mol. The molecule has 0 aromatic heterocycles. The Morgan fingerprint density at radius 2 is 1.47 bits per heavy atom. The van der Waals surface area contributed by atoms with Crippen LogP contribution in [0.3, 0.4) is 0 Å². The third kappa shape index (κ3) is 5.27. The fourth-order valence-electron chi connectivity index (χ4n) is 1.13. The largest absolute Gasteiger partial charge is 0.493 e. The van der Waals surface area contributed by atoms with Crippen LogP contribution in [-0.2, 0) is 14.2 Å². The van der Waals surface area contributed by atoms with Crippen LogP contribution in [0.5, 0.6) is 0 Å². The molecule has 3 heteroatoms. The lowest BCUT2D eigenvalue weighted by Gasteiger charge is -2.07. The lowest BCUT2D eigenvalue weighted by Crippen LogP contribution is -1.94. The molecule has 0 aliphatic heterocycles. The molecule has 1 rings (SSSR count). The summed E-state index contributed by atoms with van der Waals surface area (Å²) in [4.78, 5) is 0. The van der Waals surface area contributed by atoms with Crippen molar-refractivity contribution in [2.45, 2.75) is 13.3 Å². The predicted molar refractivity (Wildman–Crippen MR) is 61.5 cm³/mol. The summed E-state index contributed by atoms with van der Waals surface area (Å²) in [6.07, 6.45) is 7.01. The van der Waals surface area contributed by atoms with Gasteiger partial charge >= 0.3 is 0 Å². The Balaban J connectivity index is 0.000000583. The Bertz CT molecular complexity index is 262. The maximum atomic E-state index is 5.17. The number of hydrogen-bond acceptors (Lipinski definition) is 3. The van der Waals surface area contributed by atoms with Gasteiger partial charge in [0.05, 0.1) is 14.2 Å². The molecule has 0 spiro atoms. The van der Waals surface area contributed by atoms with E-state index in [9.17, 15) is 0 Å². The first kappa shape index (κ1) is 13.8.